The van der Waals surface area contributed by atoms with Gasteiger partial charge in [-0.25, -0.2) is 0 Å². The standard InChI is InChI=1S/C15H30N2O/c1-4-17(12-14(2,3)11-16)13-6-9-18-15(10-13)7-5-8-15/h13H,4-12,16H2,1-3H3. The molecule has 2 rings (SSSR count). The predicted octanol–water partition coefficient (Wildman–Crippen LogP) is 2.39. The summed E-state index contributed by atoms with van der Waals surface area (Å²) in [5, 5.41) is 0. The summed E-state index contributed by atoms with van der Waals surface area (Å²) in [4.78, 5) is 2.63. The van der Waals surface area contributed by atoms with Crippen molar-refractivity contribution >= 4 is 0 Å². The highest BCUT2D eigenvalue weighted by atomic mass is 16.5. The van der Waals surface area contributed by atoms with Gasteiger partial charge in [-0.05, 0) is 50.6 Å². The molecule has 1 aliphatic heterocycles. The average molecular weight is 254 g/mol. The van der Waals surface area contributed by atoms with Crippen LogP contribution in [0.25, 0.3) is 0 Å². The molecular weight excluding hydrogens is 224 g/mol. The molecule has 18 heavy (non-hydrogen) atoms. The molecule has 3 heteroatoms. The van der Waals surface area contributed by atoms with Crippen LogP contribution in [-0.2, 0) is 4.74 Å². The van der Waals surface area contributed by atoms with Crippen LogP contribution in [0.5, 0.6) is 0 Å². The molecular formula is C15H30N2O. The number of hydrogen-bond acceptors (Lipinski definition) is 3. The maximum atomic E-state index is 6.03. The highest BCUT2D eigenvalue weighted by Crippen LogP contribution is 2.43. The maximum Gasteiger partial charge on any atom is 0.0697 e. The van der Waals surface area contributed by atoms with Crippen LogP contribution in [0.4, 0.5) is 0 Å². The van der Waals surface area contributed by atoms with Gasteiger partial charge in [0.1, 0.15) is 0 Å². The lowest BCUT2D eigenvalue weighted by atomic mass is 9.73. The zero-order valence-electron chi connectivity index (χ0n) is 12.4. The van der Waals surface area contributed by atoms with E-state index in [0.717, 1.165) is 26.2 Å². The molecule has 1 spiro atoms. The molecule has 1 aliphatic carbocycles. The van der Waals surface area contributed by atoms with Crippen LogP contribution < -0.4 is 5.73 Å². The second-order valence-electron chi connectivity index (χ2n) is 6.96. The van der Waals surface area contributed by atoms with E-state index in [0.29, 0.717) is 6.04 Å². The summed E-state index contributed by atoms with van der Waals surface area (Å²) in [6, 6.07) is 0.704. The Morgan fingerprint density at radius 1 is 1.39 bits per heavy atom. The fraction of sp³-hybridized carbons (Fsp3) is 1.00. The summed E-state index contributed by atoms with van der Waals surface area (Å²) in [5.74, 6) is 0. The van der Waals surface area contributed by atoms with Crippen molar-refractivity contribution in [3.63, 3.8) is 0 Å². The van der Waals surface area contributed by atoms with E-state index in [-0.39, 0.29) is 11.0 Å². The minimum absolute atomic E-state index is 0.223. The molecule has 2 fully saturated rings. The molecule has 0 aromatic carbocycles. The van der Waals surface area contributed by atoms with Crippen LogP contribution in [-0.4, -0.2) is 42.8 Å². The molecule has 0 amide bonds. The van der Waals surface area contributed by atoms with E-state index < -0.39 is 0 Å². The summed E-state index contributed by atoms with van der Waals surface area (Å²) in [5.41, 5.74) is 6.35. The monoisotopic (exact) mass is 254 g/mol. The van der Waals surface area contributed by atoms with Crippen molar-refractivity contribution in [2.24, 2.45) is 11.1 Å². The lowest BCUT2D eigenvalue weighted by Crippen LogP contribution is -2.54. The lowest BCUT2D eigenvalue weighted by molar-refractivity contribution is -0.150. The molecule has 1 unspecified atom stereocenters. The van der Waals surface area contributed by atoms with Crippen molar-refractivity contribution in [2.75, 3.05) is 26.2 Å². The van der Waals surface area contributed by atoms with Crippen molar-refractivity contribution in [3.05, 3.63) is 0 Å². The smallest absolute Gasteiger partial charge is 0.0697 e. The molecule has 3 nitrogen and oxygen atoms in total. The van der Waals surface area contributed by atoms with Gasteiger partial charge < -0.3 is 10.5 Å². The predicted molar refractivity (Wildman–Crippen MR) is 75.6 cm³/mol. The van der Waals surface area contributed by atoms with Crippen molar-refractivity contribution in [2.45, 2.75) is 64.5 Å². The van der Waals surface area contributed by atoms with E-state index in [1.54, 1.807) is 0 Å². The number of nitrogens with two attached hydrogens (primary N) is 1. The van der Waals surface area contributed by atoms with Gasteiger partial charge in [-0.1, -0.05) is 20.8 Å². The van der Waals surface area contributed by atoms with E-state index >= 15 is 0 Å². The zero-order chi connectivity index (χ0) is 13.2. The summed E-state index contributed by atoms with van der Waals surface area (Å²) in [7, 11) is 0. The Kier molecular flexibility index (Phi) is 4.35. The molecule has 2 N–H and O–H groups in total. The average Bonchev–Trinajstić information content (AvgIpc) is 2.34. The molecule has 2 aliphatic rings. The first-order chi connectivity index (χ1) is 8.50. The summed E-state index contributed by atoms with van der Waals surface area (Å²) in [6.07, 6.45) is 6.34. The normalized spacial score (nSPS) is 27.5. The van der Waals surface area contributed by atoms with Gasteiger partial charge in [0.2, 0.25) is 0 Å². The quantitative estimate of drug-likeness (QED) is 0.819. The fourth-order valence-electron chi connectivity index (χ4n) is 3.35. The van der Waals surface area contributed by atoms with Gasteiger partial charge >= 0.3 is 0 Å². The van der Waals surface area contributed by atoms with Crippen molar-refractivity contribution in [3.8, 4) is 0 Å². The first-order valence-electron chi connectivity index (χ1n) is 7.58. The minimum Gasteiger partial charge on any atom is -0.375 e. The molecule has 106 valence electrons. The second kappa shape index (κ2) is 5.48. The van der Waals surface area contributed by atoms with Gasteiger partial charge in [0, 0.05) is 19.2 Å². The Balaban J connectivity index is 1.94. The van der Waals surface area contributed by atoms with Gasteiger partial charge in [0.25, 0.3) is 0 Å². The third-order valence-electron chi connectivity index (χ3n) is 4.84. The second-order valence-corrected chi connectivity index (χ2v) is 6.96. The fourth-order valence-corrected chi connectivity index (χ4v) is 3.35. The Labute approximate surface area is 112 Å². The SMILES string of the molecule is CCN(CC(C)(C)CN)C1CCOC2(CCC2)C1. The van der Waals surface area contributed by atoms with Gasteiger partial charge in [-0.2, -0.15) is 0 Å². The van der Waals surface area contributed by atoms with E-state index in [9.17, 15) is 0 Å². The molecule has 0 aromatic heterocycles. The van der Waals surface area contributed by atoms with Gasteiger partial charge in [-0.3, -0.25) is 4.90 Å². The van der Waals surface area contributed by atoms with Gasteiger partial charge in [0.05, 0.1) is 5.60 Å². The Bertz CT molecular complexity index is 272. The molecule has 0 radical (unpaired) electrons. The topological polar surface area (TPSA) is 38.5 Å². The number of ether oxygens (including phenoxy) is 1. The summed E-state index contributed by atoms with van der Waals surface area (Å²) >= 11 is 0. The molecule has 1 saturated heterocycles. The Morgan fingerprint density at radius 3 is 2.61 bits per heavy atom. The summed E-state index contributed by atoms with van der Waals surface area (Å²) < 4.78 is 6.03. The Hall–Kier alpha value is -0.120. The number of hydrogen-bond donors (Lipinski definition) is 1. The molecule has 1 saturated carbocycles. The number of nitrogens with zero attached hydrogens (tertiary/aromatic N) is 1. The van der Waals surface area contributed by atoms with E-state index in [2.05, 4.69) is 25.7 Å². The van der Waals surface area contributed by atoms with Crippen LogP contribution >= 0.6 is 0 Å². The van der Waals surface area contributed by atoms with Crippen LogP contribution in [0.3, 0.4) is 0 Å². The zero-order valence-corrected chi connectivity index (χ0v) is 12.4. The van der Waals surface area contributed by atoms with Crippen molar-refractivity contribution < 1.29 is 4.74 Å². The molecule has 0 aromatic rings. The van der Waals surface area contributed by atoms with E-state index in [1.807, 2.05) is 0 Å². The molecule has 1 heterocycles. The van der Waals surface area contributed by atoms with Crippen LogP contribution in [0.2, 0.25) is 0 Å². The van der Waals surface area contributed by atoms with Crippen molar-refractivity contribution in [1.82, 2.24) is 4.90 Å². The molecule has 0 bridgehead atoms. The number of rotatable bonds is 5. The van der Waals surface area contributed by atoms with Gasteiger partial charge in [-0.15, -0.1) is 0 Å². The molecule has 1 atom stereocenters. The van der Waals surface area contributed by atoms with Crippen LogP contribution in [0.1, 0.15) is 52.9 Å². The third kappa shape index (κ3) is 3.06. The first kappa shape index (κ1) is 14.3. The maximum absolute atomic E-state index is 6.03. The van der Waals surface area contributed by atoms with Gasteiger partial charge in [0.15, 0.2) is 0 Å². The van der Waals surface area contributed by atoms with Crippen LogP contribution in [0, 0.1) is 5.41 Å². The third-order valence-corrected chi connectivity index (χ3v) is 4.84. The minimum atomic E-state index is 0.223. The highest BCUT2D eigenvalue weighted by molar-refractivity contribution is 4.97. The summed E-state index contributed by atoms with van der Waals surface area (Å²) in [6.45, 7) is 10.8. The van der Waals surface area contributed by atoms with Crippen molar-refractivity contribution in [1.29, 1.82) is 0 Å². The van der Waals surface area contributed by atoms with E-state index in [4.69, 9.17) is 10.5 Å². The largest absolute Gasteiger partial charge is 0.375 e. The highest BCUT2D eigenvalue weighted by Gasteiger charge is 2.44. The first-order valence-corrected chi connectivity index (χ1v) is 7.58. The Morgan fingerprint density at radius 2 is 2.11 bits per heavy atom. The van der Waals surface area contributed by atoms with Crippen LogP contribution in [0.15, 0.2) is 0 Å². The lowest BCUT2D eigenvalue weighted by Gasteiger charge is -2.50. The van der Waals surface area contributed by atoms with E-state index in [1.165, 1.54) is 32.1 Å².